The molecular weight excluding hydrogens is 576 g/mol. The molecule has 1 aromatic carbocycles. The van der Waals surface area contributed by atoms with E-state index in [2.05, 4.69) is 21.9 Å². The zero-order chi connectivity index (χ0) is 29.5. The normalized spacial score (nSPS) is 22.5. The Morgan fingerprint density at radius 2 is 1.67 bits per heavy atom. The number of amides is 2. The van der Waals surface area contributed by atoms with Gasteiger partial charge in [-0.3, -0.25) is 14.3 Å². The van der Waals surface area contributed by atoms with E-state index in [1.54, 1.807) is 12.1 Å². The van der Waals surface area contributed by atoms with E-state index in [4.69, 9.17) is 0 Å². The molecule has 3 aliphatic rings. The number of anilines is 1. The van der Waals surface area contributed by atoms with Crippen molar-refractivity contribution < 1.29 is 23.1 Å². The van der Waals surface area contributed by atoms with Crippen molar-refractivity contribution in [1.29, 1.82) is 0 Å². The number of aliphatic hydroxyl groups is 1. The van der Waals surface area contributed by atoms with Crippen molar-refractivity contribution in [3.05, 3.63) is 29.8 Å². The molecule has 9 nitrogen and oxygen atoms in total. The van der Waals surface area contributed by atoms with Gasteiger partial charge in [0.25, 0.3) is 0 Å². The Labute approximate surface area is 258 Å². The molecule has 0 aromatic heterocycles. The van der Waals surface area contributed by atoms with Crippen LogP contribution in [0.25, 0.3) is 0 Å². The number of rotatable bonds is 13. The number of nitrogens with zero attached hydrogens (tertiary/aromatic N) is 2. The number of aryl methyl sites for hydroxylation is 1. The van der Waals surface area contributed by atoms with Crippen LogP contribution in [-0.4, -0.2) is 85.3 Å². The van der Waals surface area contributed by atoms with Gasteiger partial charge in [-0.2, -0.15) is 0 Å². The summed E-state index contributed by atoms with van der Waals surface area (Å²) in [6.45, 7) is 5.22. The highest BCUT2D eigenvalue weighted by atomic mass is 35.5. The Bertz CT molecular complexity index is 1120. The van der Waals surface area contributed by atoms with Gasteiger partial charge in [-0.25, -0.2) is 8.42 Å². The Morgan fingerprint density at radius 3 is 2.29 bits per heavy atom. The summed E-state index contributed by atoms with van der Waals surface area (Å²) < 4.78 is 25.2. The second-order valence-corrected chi connectivity index (χ2v) is 14.2. The highest BCUT2D eigenvalue weighted by Gasteiger charge is 2.55. The number of nitrogens with one attached hydrogen (secondary N) is 2. The van der Waals surface area contributed by atoms with E-state index in [1.165, 1.54) is 12.0 Å². The fourth-order valence-electron chi connectivity index (χ4n) is 6.90. The Hall–Kier alpha value is -1.88. The molecule has 3 fully saturated rings. The smallest absolute Gasteiger partial charge is 0.248 e. The lowest BCUT2D eigenvalue weighted by Crippen LogP contribution is -2.75. The predicted octanol–water partition coefficient (Wildman–Crippen LogP) is 4.10. The summed E-state index contributed by atoms with van der Waals surface area (Å²) in [4.78, 5) is 31.7. The lowest BCUT2D eigenvalue weighted by Gasteiger charge is -2.52. The second-order valence-electron chi connectivity index (χ2n) is 12.4. The van der Waals surface area contributed by atoms with Crippen LogP contribution < -0.4 is 10.0 Å². The molecule has 1 spiro atoms. The number of halogens is 1. The average molecular weight is 627 g/mol. The monoisotopic (exact) mass is 626 g/mol. The van der Waals surface area contributed by atoms with Gasteiger partial charge < -0.3 is 20.2 Å². The summed E-state index contributed by atoms with van der Waals surface area (Å²) in [5.74, 6) is -0.0895. The SMILES string of the molecule is CCCCN1C(=O)[C@@H]([C@H](O)C2CCCCC2)NC(=O)C12CCN(CCCCCc1ccc(NS(C)(=O)=O)cc1)CC2.Cl. The van der Waals surface area contributed by atoms with Gasteiger partial charge in [-0.15, -0.1) is 12.4 Å². The minimum absolute atomic E-state index is 0. The van der Waals surface area contributed by atoms with Crippen LogP contribution in [0.5, 0.6) is 0 Å². The maximum absolute atomic E-state index is 13.8. The van der Waals surface area contributed by atoms with E-state index >= 15 is 0 Å². The van der Waals surface area contributed by atoms with Crippen LogP contribution in [0, 0.1) is 5.92 Å². The first-order chi connectivity index (χ1) is 19.6. The van der Waals surface area contributed by atoms with Gasteiger partial charge in [0.2, 0.25) is 21.8 Å². The highest BCUT2D eigenvalue weighted by Crippen LogP contribution is 2.36. The van der Waals surface area contributed by atoms with E-state index in [0.717, 1.165) is 90.1 Å². The second kappa shape index (κ2) is 15.7. The minimum atomic E-state index is -3.26. The largest absolute Gasteiger partial charge is 0.390 e. The molecule has 1 aromatic rings. The molecule has 2 atom stereocenters. The molecule has 3 N–H and O–H groups in total. The number of carbonyl (C=O) groups is 2. The summed E-state index contributed by atoms with van der Waals surface area (Å²) in [6, 6.07) is 6.72. The first kappa shape index (κ1) is 34.6. The maximum Gasteiger partial charge on any atom is 0.248 e. The van der Waals surface area contributed by atoms with Crippen molar-refractivity contribution in [2.24, 2.45) is 5.92 Å². The predicted molar refractivity (Wildman–Crippen MR) is 169 cm³/mol. The summed E-state index contributed by atoms with van der Waals surface area (Å²) >= 11 is 0. The molecule has 2 saturated heterocycles. The minimum Gasteiger partial charge on any atom is -0.390 e. The molecule has 1 aliphatic carbocycles. The molecule has 4 rings (SSSR count). The number of piperazine rings is 1. The van der Waals surface area contributed by atoms with Gasteiger partial charge in [-0.05, 0) is 81.5 Å². The van der Waals surface area contributed by atoms with Crippen molar-refractivity contribution in [2.75, 3.05) is 37.2 Å². The number of sulfonamides is 1. The Balaban J connectivity index is 0.00000484. The van der Waals surface area contributed by atoms with Crippen LogP contribution in [0.2, 0.25) is 0 Å². The molecule has 238 valence electrons. The van der Waals surface area contributed by atoms with Crippen molar-refractivity contribution in [2.45, 2.75) is 108 Å². The van der Waals surface area contributed by atoms with E-state index in [1.807, 2.05) is 17.0 Å². The topological polar surface area (TPSA) is 119 Å². The molecule has 1 saturated carbocycles. The molecule has 2 heterocycles. The van der Waals surface area contributed by atoms with Gasteiger partial charge in [-0.1, -0.05) is 51.2 Å². The quantitative estimate of drug-likeness (QED) is 0.284. The zero-order valence-electron chi connectivity index (χ0n) is 25.4. The zero-order valence-corrected chi connectivity index (χ0v) is 27.0. The molecule has 42 heavy (non-hydrogen) atoms. The van der Waals surface area contributed by atoms with Crippen molar-refractivity contribution in [3.8, 4) is 0 Å². The third kappa shape index (κ3) is 8.83. The molecule has 0 unspecified atom stereocenters. The lowest BCUT2D eigenvalue weighted by molar-refractivity contribution is -0.165. The molecule has 11 heteroatoms. The highest BCUT2D eigenvalue weighted by molar-refractivity contribution is 7.92. The summed E-state index contributed by atoms with van der Waals surface area (Å²) in [7, 11) is -3.26. The van der Waals surface area contributed by atoms with E-state index in [-0.39, 0.29) is 30.1 Å². The van der Waals surface area contributed by atoms with Crippen LogP contribution in [0.15, 0.2) is 24.3 Å². The molecule has 2 amide bonds. The van der Waals surface area contributed by atoms with Crippen molar-refractivity contribution >= 4 is 39.9 Å². The van der Waals surface area contributed by atoms with Gasteiger partial charge in [0, 0.05) is 25.3 Å². The van der Waals surface area contributed by atoms with Crippen molar-refractivity contribution in [1.82, 2.24) is 15.1 Å². The third-order valence-electron chi connectivity index (χ3n) is 9.35. The standard InChI is InChI=1S/C31H50N4O5S.ClH/c1-3-4-21-35-29(37)27(28(36)25-12-8-5-9-13-25)32-30(38)31(35)18-22-34(23-19-31)20-10-6-7-11-24-14-16-26(17-15-24)33-41(2,39)40;/h14-17,25,27-28,33,36H,3-13,18-23H2,1-2H3,(H,32,38);1H/t27-,28-;/m1./s1. The van der Waals surface area contributed by atoms with E-state index in [0.29, 0.717) is 25.1 Å². The number of likely N-dealkylation sites (tertiary alicyclic amines) is 1. The first-order valence-corrected chi connectivity index (χ1v) is 17.6. The molecular formula is C31H51ClN4O5S. The fourth-order valence-corrected chi connectivity index (χ4v) is 7.46. The number of aliphatic hydroxyl groups excluding tert-OH is 1. The van der Waals surface area contributed by atoms with Gasteiger partial charge in [0.15, 0.2) is 0 Å². The average Bonchev–Trinajstić information content (AvgIpc) is 2.96. The van der Waals surface area contributed by atoms with Crippen molar-refractivity contribution in [3.63, 3.8) is 0 Å². The van der Waals surface area contributed by atoms with Crippen LogP contribution in [0.4, 0.5) is 5.69 Å². The summed E-state index contributed by atoms with van der Waals surface area (Å²) in [5.41, 5.74) is 0.969. The number of unbranched alkanes of at least 4 members (excludes halogenated alkanes) is 3. The van der Waals surface area contributed by atoms with Gasteiger partial charge in [0.1, 0.15) is 11.6 Å². The van der Waals surface area contributed by atoms with Gasteiger partial charge >= 0.3 is 0 Å². The number of piperidine rings is 1. The Morgan fingerprint density at radius 1 is 1.00 bits per heavy atom. The van der Waals surface area contributed by atoms with Crippen LogP contribution in [-0.2, 0) is 26.0 Å². The number of benzene rings is 1. The number of carbonyl (C=O) groups excluding carboxylic acids is 2. The number of hydrogen-bond acceptors (Lipinski definition) is 6. The summed E-state index contributed by atoms with van der Waals surface area (Å²) in [6.07, 6.45) is 12.8. The molecule has 0 radical (unpaired) electrons. The third-order valence-corrected chi connectivity index (χ3v) is 9.95. The van der Waals surface area contributed by atoms with Crippen LogP contribution in [0.3, 0.4) is 0 Å². The number of hydrogen-bond donors (Lipinski definition) is 3. The lowest BCUT2D eigenvalue weighted by atomic mass is 9.78. The first-order valence-electron chi connectivity index (χ1n) is 15.7. The van der Waals surface area contributed by atoms with Gasteiger partial charge in [0.05, 0.1) is 12.4 Å². The molecule has 0 bridgehead atoms. The van der Waals surface area contributed by atoms with E-state index < -0.39 is 27.7 Å². The maximum atomic E-state index is 13.8. The summed E-state index contributed by atoms with van der Waals surface area (Å²) in [5, 5.41) is 14.1. The fraction of sp³-hybridized carbons (Fsp3) is 0.742. The van der Waals surface area contributed by atoms with E-state index in [9.17, 15) is 23.1 Å². The Kier molecular flexibility index (Phi) is 13.0. The van der Waals surface area contributed by atoms with Crippen LogP contribution in [0.1, 0.15) is 89.5 Å². The van der Waals surface area contributed by atoms with Crippen LogP contribution >= 0.6 is 12.4 Å². The molecule has 2 aliphatic heterocycles.